The standard InChI is InChI=1S/C15H14N6O4S/c1-8-17-15(20-19-8)26-6-13(22)16-5-12-18-14(25-21-12)9-2-3-10-11(4-9)24-7-23-10/h2-4H,5-7H2,1H3,(H,16,22)(H,17,19,20). The molecular formula is C15H14N6O4S. The van der Waals surface area contributed by atoms with E-state index in [0.717, 1.165) is 5.56 Å². The zero-order valence-corrected chi connectivity index (χ0v) is 14.5. The first-order valence-electron chi connectivity index (χ1n) is 7.68. The van der Waals surface area contributed by atoms with Crippen LogP contribution in [0.25, 0.3) is 11.5 Å². The highest BCUT2D eigenvalue weighted by atomic mass is 32.2. The molecule has 0 radical (unpaired) electrons. The van der Waals surface area contributed by atoms with Crippen molar-refractivity contribution < 1.29 is 18.8 Å². The van der Waals surface area contributed by atoms with E-state index in [1.54, 1.807) is 25.1 Å². The van der Waals surface area contributed by atoms with E-state index < -0.39 is 0 Å². The molecule has 4 rings (SSSR count). The molecule has 3 aromatic rings. The minimum atomic E-state index is -0.174. The molecule has 1 aromatic carbocycles. The number of hydrogen-bond donors (Lipinski definition) is 2. The number of amides is 1. The lowest BCUT2D eigenvalue weighted by molar-refractivity contribution is -0.118. The molecule has 2 N–H and O–H groups in total. The van der Waals surface area contributed by atoms with Gasteiger partial charge in [0.1, 0.15) is 5.82 Å². The summed E-state index contributed by atoms with van der Waals surface area (Å²) in [5, 5.41) is 13.8. The fourth-order valence-electron chi connectivity index (χ4n) is 2.22. The number of H-pyrrole nitrogens is 1. The van der Waals surface area contributed by atoms with Gasteiger partial charge in [0.25, 0.3) is 5.89 Å². The van der Waals surface area contributed by atoms with E-state index in [0.29, 0.717) is 34.2 Å². The van der Waals surface area contributed by atoms with E-state index in [1.165, 1.54) is 11.8 Å². The summed E-state index contributed by atoms with van der Waals surface area (Å²) < 4.78 is 15.8. The summed E-state index contributed by atoms with van der Waals surface area (Å²) in [6.45, 7) is 2.16. The Morgan fingerprint density at radius 1 is 1.31 bits per heavy atom. The Morgan fingerprint density at radius 2 is 2.19 bits per heavy atom. The second-order valence-electron chi connectivity index (χ2n) is 5.35. The summed E-state index contributed by atoms with van der Waals surface area (Å²) in [6.07, 6.45) is 0. The van der Waals surface area contributed by atoms with Crippen LogP contribution in [0.15, 0.2) is 27.9 Å². The molecule has 0 saturated carbocycles. The van der Waals surface area contributed by atoms with Gasteiger partial charge in [0.05, 0.1) is 12.3 Å². The molecule has 0 aliphatic carbocycles. The van der Waals surface area contributed by atoms with Crippen molar-refractivity contribution in [3.63, 3.8) is 0 Å². The minimum absolute atomic E-state index is 0.167. The van der Waals surface area contributed by atoms with Crippen LogP contribution < -0.4 is 14.8 Å². The van der Waals surface area contributed by atoms with Gasteiger partial charge in [-0.15, -0.1) is 5.10 Å². The SMILES string of the molecule is Cc1nc(SCC(=O)NCc2noc(-c3ccc4c(c3)OCO4)n2)n[nH]1. The number of hydrogen-bond acceptors (Lipinski definition) is 9. The van der Waals surface area contributed by atoms with E-state index in [-0.39, 0.29) is 25.0 Å². The molecule has 0 bridgehead atoms. The molecule has 11 heteroatoms. The molecule has 10 nitrogen and oxygen atoms in total. The second kappa shape index (κ2) is 7.04. The highest BCUT2D eigenvalue weighted by molar-refractivity contribution is 7.99. The van der Waals surface area contributed by atoms with Gasteiger partial charge in [-0.1, -0.05) is 16.9 Å². The highest BCUT2D eigenvalue weighted by Crippen LogP contribution is 2.35. The molecule has 1 amide bonds. The van der Waals surface area contributed by atoms with Crippen LogP contribution in [-0.2, 0) is 11.3 Å². The van der Waals surface area contributed by atoms with Gasteiger partial charge in [-0.05, 0) is 25.1 Å². The van der Waals surface area contributed by atoms with Crippen LogP contribution in [0.3, 0.4) is 0 Å². The van der Waals surface area contributed by atoms with Crippen molar-refractivity contribution in [2.24, 2.45) is 0 Å². The van der Waals surface area contributed by atoms with Crippen molar-refractivity contribution in [1.82, 2.24) is 30.6 Å². The number of nitrogens with zero attached hydrogens (tertiary/aromatic N) is 4. The maximum Gasteiger partial charge on any atom is 0.258 e. The molecule has 1 aliphatic rings. The average Bonchev–Trinajstić information content (AvgIpc) is 3.38. The van der Waals surface area contributed by atoms with E-state index in [2.05, 4.69) is 30.6 Å². The van der Waals surface area contributed by atoms with Crippen molar-refractivity contribution in [3.05, 3.63) is 29.8 Å². The number of ether oxygens (including phenoxy) is 2. The monoisotopic (exact) mass is 374 g/mol. The molecule has 134 valence electrons. The highest BCUT2D eigenvalue weighted by Gasteiger charge is 2.17. The number of benzene rings is 1. The van der Waals surface area contributed by atoms with Crippen molar-refractivity contribution in [2.45, 2.75) is 18.6 Å². The van der Waals surface area contributed by atoms with Crippen LogP contribution in [0.2, 0.25) is 0 Å². The first kappa shape index (κ1) is 16.4. The summed E-state index contributed by atoms with van der Waals surface area (Å²) in [6, 6.07) is 5.36. The Labute approximate surface area is 151 Å². The van der Waals surface area contributed by atoms with E-state index in [9.17, 15) is 4.79 Å². The van der Waals surface area contributed by atoms with E-state index in [4.69, 9.17) is 14.0 Å². The van der Waals surface area contributed by atoms with Gasteiger partial charge in [-0.25, -0.2) is 4.98 Å². The van der Waals surface area contributed by atoms with Crippen molar-refractivity contribution in [2.75, 3.05) is 12.5 Å². The Morgan fingerprint density at radius 3 is 3.04 bits per heavy atom. The Bertz CT molecular complexity index is 940. The van der Waals surface area contributed by atoms with Crippen LogP contribution >= 0.6 is 11.8 Å². The minimum Gasteiger partial charge on any atom is -0.454 e. The lowest BCUT2D eigenvalue weighted by Crippen LogP contribution is -2.25. The fourth-order valence-corrected chi connectivity index (χ4v) is 2.89. The van der Waals surface area contributed by atoms with Gasteiger partial charge in [0.2, 0.25) is 17.9 Å². The topological polar surface area (TPSA) is 128 Å². The van der Waals surface area contributed by atoms with Crippen molar-refractivity contribution >= 4 is 17.7 Å². The smallest absolute Gasteiger partial charge is 0.258 e. The predicted octanol–water partition coefficient (Wildman–Crippen LogP) is 1.30. The molecule has 1 aliphatic heterocycles. The van der Waals surface area contributed by atoms with Gasteiger partial charge >= 0.3 is 0 Å². The number of aryl methyl sites for hydroxylation is 1. The quantitative estimate of drug-likeness (QED) is 0.613. The average molecular weight is 374 g/mol. The molecule has 0 saturated heterocycles. The Balaban J connectivity index is 1.31. The van der Waals surface area contributed by atoms with Crippen molar-refractivity contribution in [1.29, 1.82) is 0 Å². The molecule has 2 aromatic heterocycles. The maximum atomic E-state index is 11.9. The van der Waals surface area contributed by atoms with Crippen molar-refractivity contribution in [3.8, 4) is 23.0 Å². The van der Waals surface area contributed by atoms with Crippen LogP contribution in [0.1, 0.15) is 11.6 Å². The second-order valence-corrected chi connectivity index (χ2v) is 6.30. The molecule has 0 fully saturated rings. The largest absolute Gasteiger partial charge is 0.454 e. The third-order valence-corrected chi connectivity index (χ3v) is 4.29. The van der Waals surface area contributed by atoms with Gasteiger partial charge in [-0.2, -0.15) is 4.98 Å². The Hall–Kier alpha value is -3.08. The summed E-state index contributed by atoms with van der Waals surface area (Å²) in [7, 11) is 0. The number of fused-ring (bicyclic) bond motifs is 1. The number of thioether (sulfide) groups is 1. The summed E-state index contributed by atoms with van der Waals surface area (Å²) >= 11 is 1.24. The molecule has 0 unspecified atom stereocenters. The van der Waals surface area contributed by atoms with Crippen LogP contribution in [-0.4, -0.2) is 43.8 Å². The third-order valence-electron chi connectivity index (χ3n) is 3.44. The number of nitrogens with one attached hydrogen (secondary N) is 2. The number of carbonyl (C=O) groups excluding carboxylic acids is 1. The molecule has 3 heterocycles. The molecule has 0 atom stereocenters. The summed E-state index contributed by atoms with van der Waals surface area (Å²) in [4.78, 5) is 20.3. The van der Waals surface area contributed by atoms with Gasteiger partial charge in [0, 0.05) is 5.56 Å². The lowest BCUT2D eigenvalue weighted by atomic mass is 10.2. The van der Waals surface area contributed by atoms with E-state index in [1.807, 2.05) is 0 Å². The molecular weight excluding hydrogens is 360 g/mol. The molecule has 26 heavy (non-hydrogen) atoms. The number of aromatic nitrogens is 5. The summed E-state index contributed by atoms with van der Waals surface area (Å²) in [5.41, 5.74) is 0.717. The van der Waals surface area contributed by atoms with E-state index >= 15 is 0 Å². The number of carbonyl (C=O) groups is 1. The van der Waals surface area contributed by atoms with Gasteiger partial charge in [0.15, 0.2) is 17.3 Å². The lowest BCUT2D eigenvalue weighted by Gasteiger charge is -2.00. The fraction of sp³-hybridized carbons (Fsp3) is 0.267. The molecule has 0 spiro atoms. The van der Waals surface area contributed by atoms with Crippen LogP contribution in [0.5, 0.6) is 11.5 Å². The van der Waals surface area contributed by atoms with Gasteiger partial charge in [-0.3, -0.25) is 9.89 Å². The third kappa shape index (κ3) is 3.61. The predicted molar refractivity (Wildman–Crippen MR) is 89.5 cm³/mol. The first-order chi connectivity index (χ1) is 12.7. The first-order valence-corrected chi connectivity index (χ1v) is 8.67. The van der Waals surface area contributed by atoms with Gasteiger partial charge < -0.3 is 19.3 Å². The maximum absolute atomic E-state index is 11.9. The number of rotatable bonds is 6. The zero-order chi connectivity index (χ0) is 17.9. The number of aromatic amines is 1. The Kier molecular flexibility index (Phi) is 4.44. The van der Waals surface area contributed by atoms with Crippen LogP contribution in [0.4, 0.5) is 0 Å². The zero-order valence-electron chi connectivity index (χ0n) is 13.7. The van der Waals surface area contributed by atoms with Crippen LogP contribution in [0, 0.1) is 6.92 Å². The normalized spacial score (nSPS) is 12.3. The summed E-state index contributed by atoms with van der Waals surface area (Å²) in [5.74, 6) is 2.77.